The standard InChI is InChI=1S/C22H26N4O/c1-13-10-25-21(15(13)3)12-26-22(27)19-8-18(9-20(23-5)16(19)4)17-7-6-14(2)24-11-17/h6-9,11,23H,10,12H2,1-5H3,(H,26,27). The average molecular weight is 362 g/mol. The van der Waals surface area contributed by atoms with Crippen molar-refractivity contribution >= 4 is 17.3 Å². The SMILES string of the molecule is CNc1cc(-c2ccc(C)nc2)cc(C(=O)NCC2=NCC(C)=C2C)c1C. The second-order valence-electron chi connectivity index (χ2n) is 6.99. The van der Waals surface area contributed by atoms with Gasteiger partial charge in [-0.2, -0.15) is 0 Å². The monoisotopic (exact) mass is 362 g/mol. The first-order chi connectivity index (χ1) is 12.9. The fraction of sp³-hybridized carbons (Fsp3) is 0.318. The summed E-state index contributed by atoms with van der Waals surface area (Å²) in [7, 11) is 1.87. The molecule has 0 unspecified atom stereocenters. The Morgan fingerprint density at radius 3 is 2.48 bits per heavy atom. The molecule has 2 N–H and O–H groups in total. The molecule has 140 valence electrons. The average Bonchev–Trinajstić information content (AvgIpc) is 2.99. The van der Waals surface area contributed by atoms with Gasteiger partial charge in [-0.1, -0.05) is 6.07 Å². The van der Waals surface area contributed by atoms with Crippen LogP contribution in [-0.4, -0.2) is 36.7 Å². The highest BCUT2D eigenvalue weighted by molar-refractivity contribution is 6.07. The summed E-state index contributed by atoms with van der Waals surface area (Å²) in [5, 5.41) is 6.22. The van der Waals surface area contributed by atoms with E-state index < -0.39 is 0 Å². The molecule has 0 saturated carbocycles. The van der Waals surface area contributed by atoms with Gasteiger partial charge in [0.2, 0.25) is 0 Å². The molecule has 0 aliphatic carbocycles. The third-order valence-electron chi connectivity index (χ3n) is 5.16. The van der Waals surface area contributed by atoms with Crippen molar-refractivity contribution < 1.29 is 4.79 Å². The Labute approximate surface area is 160 Å². The Kier molecular flexibility index (Phi) is 5.40. The van der Waals surface area contributed by atoms with E-state index in [4.69, 9.17) is 0 Å². The summed E-state index contributed by atoms with van der Waals surface area (Å²) in [6.45, 7) is 9.24. The van der Waals surface area contributed by atoms with Crippen LogP contribution in [0.4, 0.5) is 5.69 Å². The molecule has 1 aliphatic rings. The molecular formula is C22H26N4O. The van der Waals surface area contributed by atoms with Crippen LogP contribution < -0.4 is 10.6 Å². The Morgan fingerprint density at radius 1 is 1.11 bits per heavy atom. The van der Waals surface area contributed by atoms with Crippen molar-refractivity contribution in [3.63, 3.8) is 0 Å². The topological polar surface area (TPSA) is 66.4 Å². The van der Waals surface area contributed by atoms with Crippen molar-refractivity contribution in [1.29, 1.82) is 0 Å². The summed E-state index contributed by atoms with van der Waals surface area (Å²) in [4.78, 5) is 21.8. The van der Waals surface area contributed by atoms with Gasteiger partial charge in [-0.25, -0.2) is 0 Å². The molecule has 27 heavy (non-hydrogen) atoms. The predicted molar refractivity (Wildman–Crippen MR) is 112 cm³/mol. The normalized spacial score (nSPS) is 13.6. The number of aliphatic imine (C=N–C) groups is 1. The van der Waals surface area contributed by atoms with E-state index in [9.17, 15) is 4.79 Å². The minimum atomic E-state index is -0.0917. The van der Waals surface area contributed by atoms with Crippen molar-refractivity contribution in [3.05, 3.63) is 58.4 Å². The third kappa shape index (κ3) is 3.92. The van der Waals surface area contributed by atoms with Gasteiger partial charge in [0, 0.05) is 35.8 Å². The number of aromatic nitrogens is 1. The minimum absolute atomic E-state index is 0.0917. The third-order valence-corrected chi connectivity index (χ3v) is 5.16. The van der Waals surface area contributed by atoms with Gasteiger partial charge in [0.25, 0.3) is 5.91 Å². The van der Waals surface area contributed by atoms with Gasteiger partial charge in [-0.15, -0.1) is 0 Å². The maximum atomic E-state index is 12.9. The molecule has 5 heteroatoms. The Bertz CT molecular complexity index is 940. The van der Waals surface area contributed by atoms with E-state index in [1.807, 2.05) is 45.3 Å². The van der Waals surface area contributed by atoms with Crippen LogP contribution in [-0.2, 0) is 0 Å². The van der Waals surface area contributed by atoms with Gasteiger partial charge < -0.3 is 10.6 Å². The first kappa shape index (κ1) is 18.8. The molecule has 1 aliphatic heterocycles. The molecule has 1 aromatic heterocycles. The maximum Gasteiger partial charge on any atom is 0.251 e. The molecule has 3 rings (SSSR count). The predicted octanol–water partition coefficient (Wildman–Crippen LogP) is 3.93. The highest BCUT2D eigenvalue weighted by Gasteiger charge is 2.17. The molecule has 1 amide bonds. The van der Waals surface area contributed by atoms with Gasteiger partial charge in [0.1, 0.15) is 0 Å². The molecule has 0 spiro atoms. The highest BCUT2D eigenvalue weighted by atomic mass is 16.1. The molecule has 0 radical (unpaired) electrons. The van der Waals surface area contributed by atoms with Crippen LogP contribution in [0.5, 0.6) is 0 Å². The van der Waals surface area contributed by atoms with E-state index in [1.54, 1.807) is 0 Å². The number of hydrogen-bond donors (Lipinski definition) is 2. The molecule has 0 saturated heterocycles. The van der Waals surface area contributed by atoms with E-state index in [1.165, 1.54) is 11.1 Å². The lowest BCUT2D eigenvalue weighted by Crippen LogP contribution is -2.30. The number of benzene rings is 1. The number of pyridine rings is 1. The number of carbonyl (C=O) groups is 1. The zero-order valence-electron chi connectivity index (χ0n) is 16.6. The number of carbonyl (C=O) groups excluding carboxylic acids is 1. The van der Waals surface area contributed by atoms with Crippen LogP contribution in [0.2, 0.25) is 0 Å². The Balaban J connectivity index is 1.88. The quantitative estimate of drug-likeness (QED) is 0.847. The zero-order chi connectivity index (χ0) is 19.6. The summed E-state index contributed by atoms with van der Waals surface area (Å²) >= 11 is 0. The number of nitrogens with one attached hydrogen (secondary N) is 2. The number of anilines is 1. The van der Waals surface area contributed by atoms with Gasteiger partial charge in [-0.05, 0) is 68.2 Å². The molecule has 2 aromatic rings. The number of nitrogens with zero attached hydrogens (tertiary/aromatic N) is 2. The van der Waals surface area contributed by atoms with E-state index in [2.05, 4.69) is 40.5 Å². The number of rotatable bonds is 5. The molecular weight excluding hydrogens is 336 g/mol. The van der Waals surface area contributed by atoms with Crippen LogP contribution >= 0.6 is 0 Å². The molecule has 0 atom stereocenters. The van der Waals surface area contributed by atoms with E-state index in [0.717, 1.165) is 40.3 Å². The van der Waals surface area contributed by atoms with Gasteiger partial charge in [-0.3, -0.25) is 14.8 Å². The van der Waals surface area contributed by atoms with Crippen LogP contribution in [0, 0.1) is 13.8 Å². The zero-order valence-corrected chi connectivity index (χ0v) is 16.6. The molecule has 1 aromatic carbocycles. The van der Waals surface area contributed by atoms with Crippen LogP contribution in [0.15, 0.2) is 46.6 Å². The van der Waals surface area contributed by atoms with Crippen LogP contribution in [0.25, 0.3) is 11.1 Å². The largest absolute Gasteiger partial charge is 0.388 e. The maximum absolute atomic E-state index is 12.9. The second-order valence-corrected chi connectivity index (χ2v) is 6.99. The summed E-state index contributed by atoms with van der Waals surface area (Å²) in [5.41, 5.74) is 8.85. The molecule has 2 heterocycles. The van der Waals surface area contributed by atoms with E-state index >= 15 is 0 Å². The van der Waals surface area contributed by atoms with Crippen LogP contribution in [0.1, 0.15) is 35.5 Å². The van der Waals surface area contributed by atoms with Crippen molar-refractivity contribution in [3.8, 4) is 11.1 Å². The van der Waals surface area contributed by atoms with Gasteiger partial charge in [0.15, 0.2) is 0 Å². The van der Waals surface area contributed by atoms with Gasteiger partial charge in [0.05, 0.1) is 18.8 Å². The second kappa shape index (κ2) is 7.74. The lowest BCUT2D eigenvalue weighted by molar-refractivity contribution is 0.0959. The number of aryl methyl sites for hydroxylation is 1. The fourth-order valence-electron chi connectivity index (χ4n) is 3.16. The highest BCUT2D eigenvalue weighted by Crippen LogP contribution is 2.28. The molecule has 0 bridgehead atoms. The van der Waals surface area contributed by atoms with Gasteiger partial charge >= 0.3 is 0 Å². The Morgan fingerprint density at radius 2 is 1.89 bits per heavy atom. The Hall–Kier alpha value is -2.95. The van der Waals surface area contributed by atoms with Crippen molar-refractivity contribution in [2.24, 2.45) is 4.99 Å². The first-order valence-corrected chi connectivity index (χ1v) is 9.14. The van der Waals surface area contributed by atoms with E-state index in [0.29, 0.717) is 12.1 Å². The lowest BCUT2D eigenvalue weighted by atomic mass is 9.98. The van der Waals surface area contributed by atoms with Crippen molar-refractivity contribution in [2.75, 3.05) is 25.5 Å². The fourth-order valence-corrected chi connectivity index (χ4v) is 3.16. The minimum Gasteiger partial charge on any atom is -0.388 e. The lowest BCUT2D eigenvalue weighted by Gasteiger charge is -2.15. The molecule has 5 nitrogen and oxygen atoms in total. The first-order valence-electron chi connectivity index (χ1n) is 9.14. The van der Waals surface area contributed by atoms with Crippen molar-refractivity contribution in [1.82, 2.24) is 10.3 Å². The van der Waals surface area contributed by atoms with E-state index in [-0.39, 0.29) is 5.91 Å². The summed E-state index contributed by atoms with van der Waals surface area (Å²) in [6.07, 6.45) is 1.84. The molecule has 0 fully saturated rings. The summed E-state index contributed by atoms with van der Waals surface area (Å²) < 4.78 is 0. The smallest absolute Gasteiger partial charge is 0.251 e. The summed E-state index contributed by atoms with van der Waals surface area (Å²) in [6, 6.07) is 7.99. The summed E-state index contributed by atoms with van der Waals surface area (Å²) in [5.74, 6) is -0.0917. The number of hydrogen-bond acceptors (Lipinski definition) is 4. The number of amides is 1. The van der Waals surface area contributed by atoms with Crippen molar-refractivity contribution in [2.45, 2.75) is 27.7 Å². The van der Waals surface area contributed by atoms with Crippen LogP contribution in [0.3, 0.4) is 0 Å².